The van der Waals surface area contributed by atoms with Crippen LogP contribution in [0.25, 0.3) is 10.9 Å². The molecule has 116 valence electrons. The van der Waals surface area contributed by atoms with Gasteiger partial charge >= 0.3 is 0 Å². The van der Waals surface area contributed by atoms with E-state index in [1.54, 1.807) is 6.20 Å². The molecule has 4 heteroatoms. The van der Waals surface area contributed by atoms with E-state index in [1.807, 2.05) is 12.1 Å². The Balaban J connectivity index is 1.97. The van der Waals surface area contributed by atoms with E-state index in [4.69, 9.17) is 0 Å². The van der Waals surface area contributed by atoms with E-state index in [0.717, 1.165) is 31.2 Å². The van der Waals surface area contributed by atoms with Crippen molar-refractivity contribution in [3.63, 3.8) is 0 Å². The molecule has 1 aliphatic rings. The molecule has 0 saturated heterocycles. The second-order valence-corrected chi connectivity index (χ2v) is 6.11. The van der Waals surface area contributed by atoms with Crippen molar-refractivity contribution in [2.24, 2.45) is 0 Å². The summed E-state index contributed by atoms with van der Waals surface area (Å²) in [5.41, 5.74) is 2.28. The number of nitrogens with zero attached hydrogens (tertiary/aromatic N) is 1. The average molecular weight is 298 g/mol. The number of amides is 1. The van der Waals surface area contributed by atoms with Crippen LogP contribution in [-0.4, -0.2) is 17.0 Å². The number of hydrogen-bond acceptors (Lipinski definition) is 2. The molecule has 0 radical (unpaired) electrons. The molecule has 1 N–H and O–H groups in total. The summed E-state index contributed by atoms with van der Waals surface area (Å²) in [6.07, 6.45) is 5.80. The van der Waals surface area contributed by atoms with E-state index in [0.29, 0.717) is 11.9 Å². The lowest BCUT2D eigenvalue weighted by Gasteiger charge is -2.12. The zero-order valence-electron chi connectivity index (χ0n) is 13.2. The highest BCUT2D eigenvalue weighted by Gasteiger charge is 2.24. The van der Waals surface area contributed by atoms with Gasteiger partial charge in [-0.2, -0.15) is 0 Å². The second kappa shape index (κ2) is 5.95. The second-order valence-electron chi connectivity index (χ2n) is 6.11. The van der Waals surface area contributed by atoms with Gasteiger partial charge in [0.15, 0.2) is 0 Å². The van der Waals surface area contributed by atoms with Gasteiger partial charge in [0.25, 0.3) is 5.91 Å². The van der Waals surface area contributed by atoms with Crippen LogP contribution in [0.2, 0.25) is 0 Å². The van der Waals surface area contributed by atoms with Crippen LogP contribution in [0.5, 0.6) is 0 Å². The van der Waals surface area contributed by atoms with Gasteiger partial charge in [0.05, 0.1) is 5.52 Å². The first-order chi connectivity index (χ1) is 10.6. The Morgan fingerprint density at radius 2 is 2.18 bits per heavy atom. The Morgan fingerprint density at radius 1 is 1.36 bits per heavy atom. The smallest absolute Gasteiger partial charge is 0.256 e. The molecule has 4 nitrogen and oxygen atoms in total. The Morgan fingerprint density at radius 3 is 2.95 bits per heavy atom. The normalized spacial score (nSPS) is 16.2. The van der Waals surface area contributed by atoms with Crippen molar-refractivity contribution in [2.75, 3.05) is 6.54 Å². The highest BCUT2D eigenvalue weighted by molar-refractivity contribution is 5.98. The third-order valence-corrected chi connectivity index (χ3v) is 4.44. The number of carbonyl (C=O) groups excluding carboxylic acids is 1. The monoisotopic (exact) mass is 298 g/mol. The summed E-state index contributed by atoms with van der Waals surface area (Å²) in [5, 5.41) is 3.53. The standard InChI is InChI=1S/C18H22N2O2/c1-3-4-5-9-19-18(22)15-11-20-12(2)10-13-7-6-8-14(16(13)20)17(15)21/h6-8,11-12H,3-5,9-10H2,1-2H3,(H,19,22)/t12-/m0/s1. The Hall–Kier alpha value is -2.10. The summed E-state index contributed by atoms with van der Waals surface area (Å²) in [7, 11) is 0. The van der Waals surface area contributed by atoms with Gasteiger partial charge in [-0.15, -0.1) is 0 Å². The number of unbranched alkanes of at least 4 members (excludes halogenated alkanes) is 2. The molecule has 3 rings (SSSR count). The molecule has 0 unspecified atom stereocenters. The number of pyridine rings is 1. The van der Waals surface area contributed by atoms with Crippen LogP contribution in [0.4, 0.5) is 0 Å². The summed E-state index contributed by atoms with van der Waals surface area (Å²) >= 11 is 0. The number of hydrogen-bond donors (Lipinski definition) is 1. The minimum absolute atomic E-state index is 0.157. The average Bonchev–Trinajstić information content (AvgIpc) is 2.83. The van der Waals surface area contributed by atoms with Crippen LogP contribution in [0.3, 0.4) is 0 Å². The van der Waals surface area contributed by atoms with Crippen LogP contribution in [0.1, 0.15) is 55.1 Å². The van der Waals surface area contributed by atoms with E-state index in [-0.39, 0.29) is 22.9 Å². The van der Waals surface area contributed by atoms with Crippen molar-refractivity contribution in [2.45, 2.75) is 45.6 Å². The zero-order valence-corrected chi connectivity index (χ0v) is 13.2. The number of para-hydroxylation sites is 1. The predicted octanol–water partition coefficient (Wildman–Crippen LogP) is 3.04. The maximum absolute atomic E-state index is 12.6. The summed E-state index contributed by atoms with van der Waals surface area (Å²) in [5.74, 6) is -0.253. The first-order valence-corrected chi connectivity index (χ1v) is 8.08. The third-order valence-electron chi connectivity index (χ3n) is 4.44. The molecule has 1 atom stereocenters. The van der Waals surface area contributed by atoms with E-state index in [1.165, 1.54) is 5.56 Å². The lowest BCUT2D eigenvalue weighted by molar-refractivity contribution is 0.0951. The van der Waals surface area contributed by atoms with Crippen LogP contribution in [0, 0.1) is 0 Å². The van der Waals surface area contributed by atoms with Crippen LogP contribution in [-0.2, 0) is 6.42 Å². The summed E-state index contributed by atoms with van der Waals surface area (Å²) < 4.78 is 2.08. The fourth-order valence-corrected chi connectivity index (χ4v) is 3.25. The van der Waals surface area contributed by atoms with Crippen molar-refractivity contribution < 1.29 is 4.79 Å². The molecule has 0 aliphatic carbocycles. The predicted molar refractivity (Wildman–Crippen MR) is 88.5 cm³/mol. The fourth-order valence-electron chi connectivity index (χ4n) is 3.25. The van der Waals surface area contributed by atoms with Crippen molar-refractivity contribution in [3.05, 3.63) is 45.7 Å². The highest BCUT2D eigenvalue weighted by Crippen LogP contribution is 2.30. The van der Waals surface area contributed by atoms with E-state index < -0.39 is 0 Å². The highest BCUT2D eigenvalue weighted by atomic mass is 16.2. The lowest BCUT2D eigenvalue weighted by atomic mass is 10.1. The first kappa shape index (κ1) is 14.8. The molecule has 22 heavy (non-hydrogen) atoms. The van der Waals surface area contributed by atoms with Gasteiger partial charge in [-0.3, -0.25) is 9.59 Å². The van der Waals surface area contributed by atoms with Crippen molar-refractivity contribution in [3.8, 4) is 0 Å². The number of benzene rings is 1. The zero-order chi connectivity index (χ0) is 15.7. The number of rotatable bonds is 5. The molecule has 1 aromatic heterocycles. The Labute approximate surface area is 130 Å². The van der Waals surface area contributed by atoms with Gasteiger partial charge in [0, 0.05) is 24.2 Å². The first-order valence-electron chi connectivity index (χ1n) is 8.08. The summed E-state index contributed by atoms with van der Waals surface area (Å²) in [6.45, 7) is 4.87. The number of nitrogens with one attached hydrogen (secondary N) is 1. The minimum Gasteiger partial charge on any atom is -0.352 e. The Kier molecular flexibility index (Phi) is 4.01. The molecular weight excluding hydrogens is 276 g/mol. The topological polar surface area (TPSA) is 51.1 Å². The van der Waals surface area contributed by atoms with E-state index in [2.05, 4.69) is 29.8 Å². The molecular formula is C18H22N2O2. The summed E-state index contributed by atoms with van der Waals surface area (Å²) in [4.78, 5) is 25.0. The number of carbonyl (C=O) groups is 1. The largest absolute Gasteiger partial charge is 0.352 e. The van der Waals surface area contributed by atoms with Gasteiger partial charge in [-0.1, -0.05) is 31.9 Å². The van der Waals surface area contributed by atoms with Crippen LogP contribution in [0.15, 0.2) is 29.2 Å². The van der Waals surface area contributed by atoms with Gasteiger partial charge in [0.1, 0.15) is 5.56 Å². The minimum atomic E-state index is -0.253. The molecule has 1 aromatic carbocycles. The maximum Gasteiger partial charge on any atom is 0.256 e. The van der Waals surface area contributed by atoms with Gasteiger partial charge in [0.2, 0.25) is 5.43 Å². The van der Waals surface area contributed by atoms with E-state index in [9.17, 15) is 9.59 Å². The molecule has 2 heterocycles. The molecule has 0 fully saturated rings. The molecule has 0 bridgehead atoms. The maximum atomic E-state index is 12.6. The van der Waals surface area contributed by atoms with Crippen LogP contribution < -0.4 is 10.7 Å². The van der Waals surface area contributed by atoms with Crippen LogP contribution >= 0.6 is 0 Å². The Bertz CT molecular complexity index is 776. The van der Waals surface area contributed by atoms with Gasteiger partial charge in [-0.05, 0) is 31.4 Å². The summed E-state index contributed by atoms with van der Waals surface area (Å²) in [6, 6.07) is 6.08. The van der Waals surface area contributed by atoms with E-state index >= 15 is 0 Å². The fraction of sp³-hybridized carbons (Fsp3) is 0.444. The quantitative estimate of drug-likeness (QED) is 0.863. The molecule has 0 spiro atoms. The lowest BCUT2D eigenvalue weighted by Crippen LogP contribution is -2.30. The number of aromatic nitrogens is 1. The SMILES string of the molecule is CCCCCNC(=O)c1cn2c3c(cccc3c1=O)C[C@@H]2C. The molecule has 0 saturated carbocycles. The van der Waals surface area contributed by atoms with Crippen molar-refractivity contribution >= 4 is 16.8 Å². The van der Waals surface area contributed by atoms with Crippen molar-refractivity contribution in [1.82, 2.24) is 9.88 Å². The molecule has 2 aromatic rings. The third kappa shape index (κ3) is 2.43. The van der Waals surface area contributed by atoms with Gasteiger partial charge in [-0.25, -0.2) is 0 Å². The molecule has 1 aliphatic heterocycles. The van der Waals surface area contributed by atoms with Gasteiger partial charge < -0.3 is 9.88 Å². The molecule has 1 amide bonds. The van der Waals surface area contributed by atoms with Crippen molar-refractivity contribution in [1.29, 1.82) is 0 Å².